The second-order valence-corrected chi connectivity index (χ2v) is 17.9. The number of rotatable bonds is 5. The van der Waals surface area contributed by atoms with Gasteiger partial charge in [-0.1, -0.05) is 133 Å². The fourth-order valence-electron chi connectivity index (χ4n) is 11.3. The van der Waals surface area contributed by atoms with Gasteiger partial charge in [-0.25, -0.2) is 0 Å². The van der Waals surface area contributed by atoms with Crippen LogP contribution in [-0.4, -0.2) is 18.3 Å². The molecule has 0 radical (unpaired) electrons. The predicted molar refractivity (Wildman–Crippen MR) is 279 cm³/mol. The van der Waals surface area contributed by atoms with Crippen LogP contribution in [0.25, 0.3) is 121 Å². The molecule has 0 fully saturated rings. The lowest BCUT2D eigenvalue weighted by atomic mass is 9.95. The minimum absolute atomic E-state index is 0.0282. The van der Waals surface area contributed by atoms with Crippen LogP contribution in [0.5, 0.6) is 0 Å². The third kappa shape index (κ3) is 5.72. The van der Waals surface area contributed by atoms with Crippen LogP contribution < -0.4 is 0 Å². The smallest absolute Gasteiger partial charge is 0.309 e. The maximum Gasteiger partial charge on any atom is 0.417 e. The topological polar surface area (TPSA) is 43.5 Å². The Bertz CT molecular complexity index is 4450. The van der Waals surface area contributed by atoms with Crippen molar-refractivity contribution in [3.8, 4) is 39.9 Å². The fraction of sp³-hybridized carbons (Fsp3) is 0.0161. The summed E-state index contributed by atoms with van der Waals surface area (Å²) in [4.78, 5) is 0. The zero-order valence-electron chi connectivity index (χ0n) is 37.2. The van der Waals surface area contributed by atoms with Crippen LogP contribution in [0.2, 0.25) is 0 Å². The molecule has 10 aromatic carbocycles. The minimum atomic E-state index is -4.78. The van der Waals surface area contributed by atoms with E-state index in [2.05, 4.69) is 123 Å². The maximum atomic E-state index is 16.1. The summed E-state index contributed by atoms with van der Waals surface area (Å²) < 4.78 is 56.9. The summed E-state index contributed by atoms with van der Waals surface area (Å²) in [6.07, 6.45) is -4.78. The van der Waals surface area contributed by atoms with Crippen LogP contribution in [0, 0.1) is 11.3 Å². The van der Waals surface area contributed by atoms with Gasteiger partial charge in [0.1, 0.15) is 0 Å². The van der Waals surface area contributed by atoms with Gasteiger partial charge in [-0.15, -0.1) is 0 Å². The highest BCUT2D eigenvalue weighted by Crippen LogP contribution is 2.46. The van der Waals surface area contributed by atoms with Gasteiger partial charge in [0, 0.05) is 54.5 Å². The van der Waals surface area contributed by atoms with Gasteiger partial charge in [-0.2, -0.15) is 18.4 Å². The zero-order valence-corrected chi connectivity index (χ0v) is 37.2. The number of benzene rings is 10. The van der Waals surface area contributed by atoms with E-state index >= 15 is 13.2 Å². The second kappa shape index (κ2) is 14.8. The molecule has 14 aromatic rings. The lowest BCUT2D eigenvalue weighted by molar-refractivity contribution is -0.137. The van der Waals surface area contributed by atoms with Crippen molar-refractivity contribution in [2.75, 3.05) is 0 Å². The van der Waals surface area contributed by atoms with Crippen LogP contribution in [0.15, 0.2) is 218 Å². The number of hydrogen-bond acceptors (Lipinski definition) is 1. The maximum absolute atomic E-state index is 16.1. The molecule has 70 heavy (non-hydrogen) atoms. The Balaban J connectivity index is 1.14. The van der Waals surface area contributed by atoms with Gasteiger partial charge < -0.3 is 18.3 Å². The van der Waals surface area contributed by atoms with Gasteiger partial charge in [0.15, 0.2) is 0 Å². The lowest BCUT2D eigenvalue weighted by Gasteiger charge is -2.22. The van der Waals surface area contributed by atoms with E-state index in [1.165, 1.54) is 6.07 Å². The number of para-hydroxylation sites is 6. The summed E-state index contributed by atoms with van der Waals surface area (Å²) in [6.45, 7) is 0. The van der Waals surface area contributed by atoms with Crippen LogP contribution in [0.3, 0.4) is 0 Å². The molecule has 0 spiro atoms. The minimum Gasteiger partial charge on any atom is -0.309 e. The van der Waals surface area contributed by atoms with E-state index in [0.717, 1.165) is 98.6 Å². The Hall–Kier alpha value is -9.32. The Morgan fingerprint density at radius 1 is 0.329 bits per heavy atom. The Kier molecular flexibility index (Phi) is 8.44. The lowest BCUT2D eigenvalue weighted by Crippen LogP contribution is -2.12. The molecule has 4 aromatic heterocycles. The van der Waals surface area contributed by atoms with Crippen LogP contribution >= 0.6 is 0 Å². The van der Waals surface area contributed by atoms with Crippen molar-refractivity contribution in [2.45, 2.75) is 6.18 Å². The molecule has 330 valence electrons. The van der Waals surface area contributed by atoms with E-state index in [-0.39, 0.29) is 11.1 Å². The summed E-state index contributed by atoms with van der Waals surface area (Å²) in [5.74, 6) is 0. The molecule has 0 unspecified atom stereocenters. The molecule has 14 rings (SSSR count). The summed E-state index contributed by atoms with van der Waals surface area (Å²) in [5, 5.41) is 18.2. The summed E-state index contributed by atoms with van der Waals surface area (Å²) in [7, 11) is 0. The van der Waals surface area contributed by atoms with Gasteiger partial charge in [-0.05, 0) is 96.1 Å². The van der Waals surface area contributed by atoms with Crippen LogP contribution in [0.4, 0.5) is 13.2 Å². The van der Waals surface area contributed by atoms with Gasteiger partial charge in [0.05, 0.1) is 72.7 Å². The van der Waals surface area contributed by atoms with Gasteiger partial charge in [-0.3, -0.25) is 0 Å². The molecule has 0 saturated heterocycles. The van der Waals surface area contributed by atoms with Crippen LogP contribution in [0.1, 0.15) is 11.1 Å². The molecule has 0 aliphatic carbocycles. The molecule has 5 nitrogen and oxygen atoms in total. The highest BCUT2D eigenvalue weighted by atomic mass is 19.4. The first-order valence-corrected chi connectivity index (χ1v) is 23.1. The molecule has 0 atom stereocenters. The second-order valence-electron chi connectivity index (χ2n) is 17.9. The highest BCUT2D eigenvalue weighted by Gasteiger charge is 2.36. The van der Waals surface area contributed by atoms with Crippen molar-refractivity contribution >= 4 is 87.2 Å². The van der Waals surface area contributed by atoms with Gasteiger partial charge >= 0.3 is 6.18 Å². The molecular formula is C62H36F3N5. The number of halogens is 3. The molecule has 0 amide bonds. The average Bonchev–Trinajstić information content (AvgIpc) is 4.12. The quantitative estimate of drug-likeness (QED) is 0.170. The summed E-state index contributed by atoms with van der Waals surface area (Å²) in [5.41, 5.74) is 9.73. The molecule has 8 heteroatoms. The van der Waals surface area contributed by atoms with Crippen molar-refractivity contribution in [1.82, 2.24) is 18.3 Å². The number of nitrogens with zero attached hydrogens (tertiary/aromatic N) is 5. The molecule has 0 N–H and O–H groups in total. The van der Waals surface area contributed by atoms with E-state index in [1.54, 1.807) is 30.3 Å². The van der Waals surface area contributed by atoms with E-state index in [4.69, 9.17) is 0 Å². The highest BCUT2D eigenvalue weighted by molar-refractivity contribution is 6.14. The normalized spacial score (nSPS) is 12.2. The molecule has 0 bridgehead atoms. The number of aromatic nitrogens is 4. The van der Waals surface area contributed by atoms with Crippen molar-refractivity contribution in [2.24, 2.45) is 0 Å². The fourth-order valence-corrected chi connectivity index (χ4v) is 11.3. The largest absolute Gasteiger partial charge is 0.417 e. The number of fused-ring (bicyclic) bond motifs is 12. The Morgan fingerprint density at radius 2 is 0.686 bits per heavy atom. The zero-order chi connectivity index (χ0) is 46.8. The molecule has 0 aliphatic rings. The monoisotopic (exact) mass is 907 g/mol. The SMILES string of the molecule is N#Cc1cccc(-c2cc(-n3c4ccccc4c4ccc(-n5c6ccccc6c6ccccc65)cc43)c(-n3c4ccccc4c4ccc(-n5c6ccccc6c6ccccc65)cc43)cc2C(F)(F)F)c1. The number of alkyl halides is 3. The Labute approximate surface area is 397 Å². The van der Waals surface area contributed by atoms with E-state index in [9.17, 15) is 5.26 Å². The van der Waals surface area contributed by atoms with Crippen molar-refractivity contribution in [3.05, 3.63) is 230 Å². The number of nitriles is 1. The van der Waals surface area contributed by atoms with Gasteiger partial charge in [0.25, 0.3) is 0 Å². The first kappa shape index (κ1) is 39.8. The summed E-state index contributed by atoms with van der Waals surface area (Å²) in [6, 6.07) is 73.7. The van der Waals surface area contributed by atoms with Crippen molar-refractivity contribution < 1.29 is 13.2 Å². The number of hydrogen-bond donors (Lipinski definition) is 0. The predicted octanol–water partition coefficient (Wildman–Crippen LogP) is 16.6. The molecule has 4 heterocycles. The molecular weight excluding hydrogens is 872 g/mol. The third-order valence-corrected chi connectivity index (χ3v) is 14.2. The average molecular weight is 908 g/mol. The van der Waals surface area contributed by atoms with E-state index < -0.39 is 11.7 Å². The van der Waals surface area contributed by atoms with Gasteiger partial charge in [0.2, 0.25) is 0 Å². The first-order chi connectivity index (χ1) is 34.3. The van der Waals surface area contributed by atoms with Crippen LogP contribution in [-0.2, 0) is 6.18 Å². The molecule has 0 aliphatic heterocycles. The first-order valence-electron chi connectivity index (χ1n) is 23.1. The standard InChI is InChI=1S/C62H36F3N5/c63-62(64,65)51-36-61(70-57-27-12-6-21-47(57)49-31-29-41(34-59(49)70)68-54-24-9-3-18-44(54)45-19-4-10-25-55(45)68)60(35-50(51)39-15-13-14-38(32-39)37-66)69-56-26-11-5-20-46(56)48-30-28-40(33-58(48)69)67-52-22-7-1-16-42(52)43-17-2-8-23-53(43)67/h1-36H. The van der Waals surface area contributed by atoms with Crippen molar-refractivity contribution in [3.63, 3.8) is 0 Å². The molecule has 0 saturated carbocycles. The van der Waals surface area contributed by atoms with E-state index in [1.807, 2.05) is 83.4 Å². The Morgan fingerprint density at radius 3 is 1.07 bits per heavy atom. The third-order valence-electron chi connectivity index (χ3n) is 14.2. The van der Waals surface area contributed by atoms with Crippen molar-refractivity contribution in [1.29, 1.82) is 5.26 Å². The summed E-state index contributed by atoms with van der Waals surface area (Å²) >= 11 is 0. The van der Waals surface area contributed by atoms with E-state index in [0.29, 0.717) is 16.9 Å².